The van der Waals surface area contributed by atoms with E-state index in [4.69, 9.17) is 12.2 Å². The standard InChI is InChI=1S/C19H23N3O3S2/c1-3-4-5-13(23)15-11-7-6-10(2)8-14(11)27-18(15)20-9-12-16(24)21-19(26)22-17(12)25/h9-10H,3-8H2,1-2H3,(H3,21,22,24,25,26)/b20-9+. The Balaban J connectivity index is 2.03. The highest BCUT2D eigenvalue weighted by Crippen LogP contribution is 2.42. The second-order valence-corrected chi connectivity index (χ2v) is 8.48. The van der Waals surface area contributed by atoms with Crippen LogP contribution < -0.4 is 5.56 Å². The highest BCUT2D eigenvalue weighted by molar-refractivity contribution is 7.71. The van der Waals surface area contributed by atoms with Gasteiger partial charge in [0.25, 0.3) is 5.56 Å². The molecule has 0 saturated heterocycles. The zero-order valence-electron chi connectivity index (χ0n) is 15.4. The molecule has 1 unspecified atom stereocenters. The maximum atomic E-state index is 12.8. The average molecular weight is 406 g/mol. The van der Waals surface area contributed by atoms with Crippen LogP contribution in [0.25, 0.3) is 0 Å². The monoisotopic (exact) mass is 405 g/mol. The number of unbranched alkanes of at least 4 members (excludes halogenated alkanes) is 1. The van der Waals surface area contributed by atoms with Crippen LogP contribution in [0.1, 0.15) is 65.9 Å². The van der Waals surface area contributed by atoms with Crippen LogP contribution in [0.4, 0.5) is 5.00 Å². The van der Waals surface area contributed by atoms with Crippen molar-refractivity contribution in [3.63, 3.8) is 0 Å². The second-order valence-electron chi connectivity index (χ2n) is 6.99. The number of carbonyl (C=O) groups is 1. The van der Waals surface area contributed by atoms with Gasteiger partial charge in [0, 0.05) is 17.5 Å². The molecule has 8 heteroatoms. The molecule has 27 heavy (non-hydrogen) atoms. The number of rotatable bonds is 6. The minimum Gasteiger partial charge on any atom is -0.494 e. The van der Waals surface area contributed by atoms with E-state index in [0.717, 1.165) is 37.7 Å². The third-order valence-electron chi connectivity index (χ3n) is 4.80. The molecule has 1 aliphatic carbocycles. The number of aromatic hydroxyl groups is 1. The van der Waals surface area contributed by atoms with E-state index in [0.29, 0.717) is 22.9 Å². The molecule has 6 nitrogen and oxygen atoms in total. The summed E-state index contributed by atoms with van der Waals surface area (Å²) >= 11 is 6.35. The lowest BCUT2D eigenvalue weighted by Gasteiger charge is -2.18. The van der Waals surface area contributed by atoms with Gasteiger partial charge in [-0.15, -0.1) is 11.3 Å². The zero-order valence-corrected chi connectivity index (χ0v) is 17.1. The van der Waals surface area contributed by atoms with Crippen molar-refractivity contribution in [3.05, 3.63) is 36.7 Å². The zero-order chi connectivity index (χ0) is 19.6. The molecular weight excluding hydrogens is 382 g/mol. The molecule has 0 aliphatic heterocycles. The first-order chi connectivity index (χ1) is 12.9. The summed E-state index contributed by atoms with van der Waals surface area (Å²) in [6, 6.07) is 0. The lowest BCUT2D eigenvalue weighted by molar-refractivity contribution is 0.0979. The number of hydrogen-bond acceptors (Lipinski definition) is 6. The molecule has 0 fully saturated rings. The number of aliphatic imine (C=N–C) groups is 1. The number of Topliss-reactive ketones (excluding diaryl/α,β-unsaturated/α-hetero) is 1. The molecule has 2 aromatic heterocycles. The van der Waals surface area contributed by atoms with Crippen LogP contribution in [0.5, 0.6) is 5.88 Å². The maximum absolute atomic E-state index is 12.8. The fourth-order valence-corrected chi connectivity index (χ4v) is 4.87. The Kier molecular flexibility index (Phi) is 6.06. The molecule has 0 bridgehead atoms. The first-order valence-corrected chi connectivity index (χ1v) is 10.4. The number of aromatic nitrogens is 2. The smallest absolute Gasteiger partial charge is 0.264 e. The fourth-order valence-electron chi connectivity index (χ4n) is 3.30. The number of thiophene rings is 1. The molecule has 2 heterocycles. The van der Waals surface area contributed by atoms with E-state index in [-0.39, 0.29) is 22.0 Å². The number of aromatic amines is 2. The molecule has 0 radical (unpaired) electrons. The maximum Gasteiger partial charge on any atom is 0.264 e. The van der Waals surface area contributed by atoms with Crippen molar-refractivity contribution in [1.29, 1.82) is 0 Å². The molecule has 0 amide bonds. The van der Waals surface area contributed by atoms with Gasteiger partial charge in [0.1, 0.15) is 10.6 Å². The summed E-state index contributed by atoms with van der Waals surface area (Å²) < 4.78 is 0.0469. The van der Waals surface area contributed by atoms with Gasteiger partial charge in [0.05, 0.1) is 5.56 Å². The summed E-state index contributed by atoms with van der Waals surface area (Å²) in [5.74, 6) is 0.371. The van der Waals surface area contributed by atoms with Gasteiger partial charge in [-0.05, 0) is 49.4 Å². The first kappa shape index (κ1) is 19.7. The van der Waals surface area contributed by atoms with E-state index in [1.54, 1.807) is 0 Å². The van der Waals surface area contributed by atoms with Crippen LogP contribution in [0.15, 0.2) is 9.79 Å². The topological polar surface area (TPSA) is 98.3 Å². The van der Waals surface area contributed by atoms with Crippen molar-refractivity contribution < 1.29 is 9.90 Å². The number of fused-ring (bicyclic) bond motifs is 1. The van der Waals surface area contributed by atoms with Crippen molar-refractivity contribution in [2.75, 3.05) is 0 Å². The highest BCUT2D eigenvalue weighted by Gasteiger charge is 2.27. The first-order valence-electron chi connectivity index (χ1n) is 9.18. The molecular formula is C19H23N3O3S2. The molecule has 0 aromatic carbocycles. The summed E-state index contributed by atoms with van der Waals surface area (Å²) in [7, 11) is 0. The number of carbonyl (C=O) groups excluding carboxylic acids is 1. The third kappa shape index (κ3) is 4.27. The van der Waals surface area contributed by atoms with E-state index in [1.165, 1.54) is 22.4 Å². The molecule has 144 valence electrons. The molecule has 2 aromatic rings. The van der Waals surface area contributed by atoms with E-state index in [1.807, 2.05) is 0 Å². The van der Waals surface area contributed by atoms with Crippen molar-refractivity contribution in [2.45, 2.75) is 52.4 Å². The Hall–Kier alpha value is -2.06. The third-order valence-corrected chi connectivity index (χ3v) is 6.17. The van der Waals surface area contributed by atoms with Crippen LogP contribution in [0.3, 0.4) is 0 Å². The summed E-state index contributed by atoms with van der Waals surface area (Å²) in [6.07, 6.45) is 6.52. The normalized spacial score (nSPS) is 16.6. The number of H-pyrrole nitrogens is 2. The van der Waals surface area contributed by atoms with Gasteiger partial charge in [-0.1, -0.05) is 20.3 Å². The lowest BCUT2D eigenvalue weighted by atomic mass is 9.87. The predicted molar refractivity (Wildman–Crippen MR) is 111 cm³/mol. The van der Waals surface area contributed by atoms with E-state index >= 15 is 0 Å². The van der Waals surface area contributed by atoms with Gasteiger partial charge in [-0.25, -0.2) is 4.99 Å². The van der Waals surface area contributed by atoms with Crippen LogP contribution in [-0.4, -0.2) is 27.1 Å². The van der Waals surface area contributed by atoms with Gasteiger partial charge >= 0.3 is 0 Å². The Labute approximate surface area is 166 Å². The van der Waals surface area contributed by atoms with Crippen LogP contribution in [-0.2, 0) is 12.8 Å². The van der Waals surface area contributed by atoms with Gasteiger partial charge in [-0.3, -0.25) is 14.6 Å². The average Bonchev–Trinajstić information content (AvgIpc) is 2.96. The van der Waals surface area contributed by atoms with Crippen molar-refractivity contribution >= 4 is 40.6 Å². The lowest BCUT2D eigenvalue weighted by Crippen LogP contribution is -2.13. The van der Waals surface area contributed by atoms with E-state index < -0.39 is 5.56 Å². The van der Waals surface area contributed by atoms with Crippen LogP contribution in [0.2, 0.25) is 0 Å². The summed E-state index contributed by atoms with van der Waals surface area (Å²) in [6.45, 7) is 4.28. The summed E-state index contributed by atoms with van der Waals surface area (Å²) in [5.41, 5.74) is 1.30. The SMILES string of the molecule is CCCCC(=O)c1c(/N=C/c2c(O)[nH]c(=S)[nH]c2=O)sc2c1CCC(C)C2. The largest absolute Gasteiger partial charge is 0.494 e. The van der Waals surface area contributed by atoms with Crippen molar-refractivity contribution in [3.8, 4) is 5.88 Å². The van der Waals surface area contributed by atoms with Gasteiger partial charge in [0.15, 0.2) is 10.6 Å². The Morgan fingerprint density at radius 2 is 2.22 bits per heavy atom. The Morgan fingerprint density at radius 1 is 1.44 bits per heavy atom. The van der Waals surface area contributed by atoms with Crippen LogP contribution >= 0.6 is 23.6 Å². The summed E-state index contributed by atoms with van der Waals surface area (Å²) in [4.78, 5) is 35.4. The molecule has 1 atom stereocenters. The quantitative estimate of drug-likeness (QED) is 0.376. The highest BCUT2D eigenvalue weighted by atomic mass is 32.1. The molecule has 0 saturated carbocycles. The van der Waals surface area contributed by atoms with E-state index in [2.05, 4.69) is 28.8 Å². The Bertz CT molecular complexity index is 1000. The number of hydrogen-bond donors (Lipinski definition) is 3. The predicted octanol–water partition coefficient (Wildman–Crippen LogP) is 4.45. The van der Waals surface area contributed by atoms with Crippen molar-refractivity contribution in [1.82, 2.24) is 9.97 Å². The van der Waals surface area contributed by atoms with Crippen molar-refractivity contribution in [2.24, 2.45) is 10.9 Å². The summed E-state index contributed by atoms with van der Waals surface area (Å²) in [5, 5.41) is 10.6. The van der Waals surface area contributed by atoms with Gasteiger partial charge in [0.2, 0.25) is 5.88 Å². The molecule has 3 rings (SSSR count). The number of nitrogens with zero attached hydrogens (tertiary/aromatic N) is 1. The fraction of sp³-hybridized carbons (Fsp3) is 0.474. The minimum absolute atomic E-state index is 0.00435. The van der Waals surface area contributed by atoms with Crippen LogP contribution in [0, 0.1) is 10.7 Å². The van der Waals surface area contributed by atoms with Gasteiger partial charge < -0.3 is 10.1 Å². The minimum atomic E-state index is -0.520. The van der Waals surface area contributed by atoms with E-state index in [9.17, 15) is 14.7 Å². The number of ketones is 1. The second kappa shape index (κ2) is 8.31. The van der Waals surface area contributed by atoms with Gasteiger partial charge in [-0.2, -0.15) is 0 Å². The molecule has 3 N–H and O–H groups in total. The molecule has 1 aliphatic rings. The Morgan fingerprint density at radius 3 is 2.93 bits per heavy atom. The molecule has 0 spiro atoms. The number of nitrogens with one attached hydrogen (secondary N) is 2.